The van der Waals surface area contributed by atoms with Gasteiger partial charge in [0.25, 0.3) is 0 Å². The Labute approximate surface area is 156 Å². The molecule has 0 bridgehead atoms. The molecule has 0 aliphatic heterocycles. The molecule has 0 spiro atoms. The van der Waals surface area contributed by atoms with Crippen LogP contribution in [0.5, 0.6) is 0 Å². The van der Waals surface area contributed by atoms with Crippen LogP contribution in [0.1, 0.15) is 20.3 Å². The van der Waals surface area contributed by atoms with Crippen molar-refractivity contribution in [3.63, 3.8) is 0 Å². The SMILES string of the molecule is COCCOCCOCCOC(CCN=[N+]=[N-])C(C)C(C)OCCOC. The summed E-state index contributed by atoms with van der Waals surface area (Å²) in [6.45, 7) is 8.72. The van der Waals surface area contributed by atoms with Crippen molar-refractivity contribution in [2.24, 2.45) is 11.0 Å². The standard InChI is InChI=1S/C17H35N3O6/c1-15(16(2)25-13-8-22-4)17(5-6-19-20-18)26-14-12-24-11-10-23-9-7-21-3/h15-17H,5-14H2,1-4H3. The first kappa shape index (κ1) is 25.1. The Morgan fingerprint density at radius 2 is 1.35 bits per heavy atom. The molecule has 9 nitrogen and oxygen atoms in total. The molecule has 3 atom stereocenters. The summed E-state index contributed by atoms with van der Waals surface area (Å²) in [7, 11) is 3.28. The number of ether oxygens (including phenoxy) is 6. The van der Waals surface area contributed by atoms with Gasteiger partial charge in [0, 0.05) is 31.6 Å². The number of hydrogen-bond donors (Lipinski definition) is 0. The first-order valence-corrected chi connectivity index (χ1v) is 9.04. The summed E-state index contributed by atoms with van der Waals surface area (Å²) in [5.74, 6) is 0.151. The lowest BCUT2D eigenvalue weighted by molar-refractivity contribution is -0.0752. The molecule has 0 radical (unpaired) electrons. The maximum atomic E-state index is 8.46. The summed E-state index contributed by atoms with van der Waals surface area (Å²) in [6.07, 6.45) is 0.583. The molecule has 0 rings (SSSR count). The molecule has 3 unspecified atom stereocenters. The highest BCUT2D eigenvalue weighted by Crippen LogP contribution is 2.18. The second kappa shape index (κ2) is 18.8. The molecule has 0 saturated carbocycles. The second-order valence-corrected chi connectivity index (χ2v) is 5.80. The van der Waals surface area contributed by atoms with E-state index in [4.69, 9.17) is 34.0 Å². The van der Waals surface area contributed by atoms with Gasteiger partial charge in [-0.05, 0) is 18.9 Å². The highest BCUT2D eigenvalue weighted by atomic mass is 16.6. The summed E-state index contributed by atoms with van der Waals surface area (Å²) >= 11 is 0. The van der Waals surface area contributed by atoms with Gasteiger partial charge in [-0.1, -0.05) is 12.0 Å². The fraction of sp³-hybridized carbons (Fsp3) is 1.00. The minimum absolute atomic E-state index is 0.0105. The van der Waals surface area contributed by atoms with E-state index in [0.717, 1.165) is 0 Å². The number of rotatable bonds is 19. The molecule has 9 heteroatoms. The van der Waals surface area contributed by atoms with Gasteiger partial charge in [-0.3, -0.25) is 0 Å². The second-order valence-electron chi connectivity index (χ2n) is 5.80. The maximum Gasteiger partial charge on any atom is 0.0704 e. The molecule has 0 aliphatic rings. The zero-order chi connectivity index (χ0) is 19.5. The topological polar surface area (TPSA) is 104 Å². The van der Waals surface area contributed by atoms with Gasteiger partial charge in [0.2, 0.25) is 0 Å². The molecule has 0 saturated heterocycles. The monoisotopic (exact) mass is 377 g/mol. The normalized spacial score (nSPS) is 14.6. The third kappa shape index (κ3) is 14.3. The Morgan fingerprint density at radius 3 is 1.96 bits per heavy atom. The van der Waals surface area contributed by atoms with E-state index in [2.05, 4.69) is 16.9 Å². The lowest BCUT2D eigenvalue weighted by Gasteiger charge is -2.29. The maximum absolute atomic E-state index is 8.46. The summed E-state index contributed by atoms with van der Waals surface area (Å²) in [6, 6.07) is 0. The van der Waals surface area contributed by atoms with Crippen LogP contribution < -0.4 is 0 Å². The average Bonchev–Trinajstić information content (AvgIpc) is 2.65. The smallest absolute Gasteiger partial charge is 0.0704 e. The van der Waals surface area contributed by atoms with Crippen molar-refractivity contribution in [2.45, 2.75) is 32.5 Å². The van der Waals surface area contributed by atoms with E-state index in [1.807, 2.05) is 6.92 Å². The number of nitrogens with zero attached hydrogens (tertiary/aromatic N) is 3. The van der Waals surface area contributed by atoms with Gasteiger partial charge >= 0.3 is 0 Å². The number of methoxy groups -OCH3 is 2. The van der Waals surface area contributed by atoms with Crippen molar-refractivity contribution in [1.82, 2.24) is 0 Å². The Morgan fingerprint density at radius 1 is 0.808 bits per heavy atom. The molecule has 0 fully saturated rings. The number of hydrogen-bond acceptors (Lipinski definition) is 7. The third-order valence-electron chi connectivity index (χ3n) is 3.94. The van der Waals surface area contributed by atoms with Gasteiger partial charge in [0.1, 0.15) is 0 Å². The predicted molar refractivity (Wildman–Crippen MR) is 98.3 cm³/mol. The lowest BCUT2D eigenvalue weighted by atomic mass is 9.96. The molecule has 0 aromatic carbocycles. The van der Waals surface area contributed by atoms with E-state index in [9.17, 15) is 0 Å². The van der Waals surface area contributed by atoms with Crippen molar-refractivity contribution in [3.8, 4) is 0 Å². The van der Waals surface area contributed by atoms with Crippen LogP contribution in [0.3, 0.4) is 0 Å². The fourth-order valence-electron chi connectivity index (χ4n) is 2.22. The van der Waals surface area contributed by atoms with Gasteiger partial charge in [-0.25, -0.2) is 0 Å². The van der Waals surface area contributed by atoms with Gasteiger partial charge < -0.3 is 28.4 Å². The first-order chi connectivity index (χ1) is 12.7. The van der Waals surface area contributed by atoms with Crippen molar-refractivity contribution in [1.29, 1.82) is 0 Å². The largest absolute Gasteiger partial charge is 0.382 e. The average molecular weight is 377 g/mol. The van der Waals surface area contributed by atoms with Crippen LogP contribution in [0.4, 0.5) is 0 Å². The summed E-state index contributed by atoms with van der Waals surface area (Å²) in [5.41, 5.74) is 8.46. The number of azide groups is 1. The zero-order valence-electron chi connectivity index (χ0n) is 16.6. The summed E-state index contributed by atoms with van der Waals surface area (Å²) in [4.78, 5) is 2.80. The van der Waals surface area contributed by atoms with Crippen LogP contribution in [-0.4, -0.2) is 85.8 Å². The van der Waals surface area contributed by atoms with Gasteiger partial charge in [-0.15, -0.1) is 0 Å². The Balaban J connectivity index is 4.06. The minimum Gasteiger partial charge on any atom is -0.382 e. The van der Waals surface area contributed by atoms with E-state index < -0.39 is 0 Å². The first-order valence-electron chi connectivity index (χ1n) is 9.04. The zero-order valence-corrected chi connectivity index (χ0v) is 16.6. The van der Waals surface area contributed by atoms with Crippen molar-refractivity contribution in [2.75, 3.05) is 73.6 Å². The quantitative estimate of drug-likeness (QED) is 0.148. The molecule has 0 aromatic heterocycles. The van der Waals surface area contributed by atoms with E-state index >= 15 is 0 Å². The van der Waals surface area contributed by atoms with Crippen LogP contribution in [0.25, 0.3) is 10.4 Å². The fourth-order valence-corrected chi connectivity index (χ4v) is 2.22. The Bertz CT molecular complexity index is 355. The summed E-state index contributed by atoms with van der Waals surface area (Å²) in [5, 5.41) is 3.60. The van der Waals surface area contributed by atoms with Crippen LogP contribution in [0.2, 0.25) is 0 Å². The van der Waals surface area contributed by atoms with Crippen LogP contribution in [0.15, 0.2) is 5.11 Å². The molecule has 154 valence electrons. The highest BCUT2D eigenvalue weighted by Gasteiger charge is 2.23. The van der Waals surface area contributed by atoms with Crippen molar-refractivity contribution < 1.29 is 28.4 Å². The van der Waals surface area contributed by atoms with Crippen LogP contribution in [0, 0.1) is 5.92 Å². The third-order valence-corrected chi connectivity index (χ3v) is 3.94. The molecule has 0 aromatic rings. The van der Waals surface area contributed by atoms with E-state index in [1.54, 1.807) is 14.2 Å². The summed E-state index contributed by atoms with van der Waals surface area (Å²) < 4.78 is 32.4. The van der Waals surface area contributed by atoms with Crippen LogP contribution >= 0.6 is 0 Å². The van der Waals surface area contributed by atoms with Gasteiger partial charge in [0.05, 0.1) is 65.1 Å². The van der Waals surface area contributed by atoms with Gasteiger partial charge in [0.15, 0.2) is 0 Å². The van der Waals surface area contributed by atoms with Crippen molar-refractivity contribution >= 4 is 0 Å². The molecule has 0 aliphatic carbocycles. The Hall–Kier alpha value is -0.930. The van der Waals surface area contributed by atoms with Crippen LogP contribution in [-0.2, 0) is 28.4 Å². The van der Waals surface area contributed by atoms with Crippen molar-refractivity contribution in [3.05, 3.63) is 10.4 Å². The van der Waals surface area contributed by atoms with Gasteiger partial charge in [-0.2, -0.15) is 0 Å². The molecule has 0 amide bonds. The molecule has 0 heterocycles. The molecule has 0 N–H and O–H groups in total. The highest BCUT2D eigenvalue weighted by molar-refractivity contribution is 4.73. The molecule has 26 heavy (non-hydrogen) atoms. The lowest BCUT2D eigenvalue weighted by Crippen LogP contribution is -2.34. The minimum atomic E-state index is -0.0698. The predicted octanol–water partition coefficient (Wildman–Crippen LogP) is 2.44. The van der Waals surface area contributed by atoms with E-state index in [1.165, 1.54) is 0 Å². The molecular formula is C17H35N3O6. The Kier molecular flexibility index (Phi) is 18.2. The van der Waals surface area contributed by atoms with E-state index in [-0.39, 0.29) is 18.1 Å². The van der Waals surface area contributed by atoms with E-state index in [0.29, 0.717) is 65.8 Å². The molecular weight excluding hydrogens is 342 g/mol.